The Kier molecular flexibility index (Phi) is 3.49. The van der Waals surface area contributed by atoms with E-state index in [0.717, 1.165) is 6.42 Å². The molecule has 19 heavy (non-hydrogen) atoms. The molecule has 0 heterocycles. The predicted octanol–water partition coefficient (Wildman–Crippen LogP) is 2.22. The van der Waals surface area contributed by atoms with Crippen molar-refractivity contribution in [3.05, 3.63) is 28.2 Å². The van der Waals surface area contributed by atoms with Crippen LogP contribution in [-0.4, -0.2) is 25.5 Å². The van der Waals surface area contributed by atoms with Crippen molar-refractivity contribution < 1.29 is 18.3 Å². The monoisotopic (exact) mass is 347 g/mol. The molecule has 0 aromatic heterocycles. The van der Waals surface area contributed by atoms with E-state index < -0.39 is 16.0 Å². The van der Waals surface area contributed by atoms with Gasteiger partial charge < -0.3 is 5.11 Å². The standard InChI is InChI=1S/C12H14BrNO4S/c1-12(2)6-10(12)14-19(17,18)9-4-3-7(11(15)16)5-8(9)13/h3-5,10,14H,6H2,1-2H3,(H,15,16). The van der Waals surface area contributed by atoms with E-state index in [0.29, 0.717) is 0 Å². The Hall–Kier alpha value is -0.920. The molecule has 0 saturated heterocycles. The van der Waals surface area contributed by atoms with E-state index in [-0.39, 0.29) is 26.4 Å². The molecule has 1 aromatic carbocycles. The zero-order chi connectivity index (χ0) is 14.4. The van der Waals surface area contributed by atoms with Crippen LogP contribution in [-0.2, 0) is 10.0 Å². The average molecular weight is 348 g/mol. The van der Waals surface area contributed by atoms with Crippen LogP contribution in [0.4, 0.5) is 0 Å². The number of carbonyl (C=O) groups is 1. The third-order valence-corrected chi connectivity index (χ3v) is 5.73. The number of nitrogens with one attached hydrogen (secondary N) is 1. The van der Waals surface area contributed by atoms with Crippen molar-refractivity contribution in [2.45, 2.75) is 31.2 Å². The van der Waals surface area contributed by atoms with Gasteiger partial charge in [0, 0.05) is 10.5 Å². The molecule has 0 bridgehead atoms. The van der Waals surface area contributed by atoms with Crippen LogP contribution >= 0.6 is 15.9 Å². The summed E-state index contributed by atoms with van der Waals surface area (Å²) in [5, 5.41) is 8.84. The number of carboxylic acid groups (broad SMARTS) is 1. The smallest absolute Gasteiger partial charge is 0.335 e. The van der Waals surface area contributed by atoms with Gasteiger partial charge in [-0.05, 0) is 46.0 Å². The lowest BCUT2D eigenvalue weighted by Crippen LogP contribution is -2.28. The van der Waals surface area contributed by atoms with Crippen LogP contribution in [0.2, 0.25) is 0 Å². The van der Waals surface area contributed by atoms with Crippen LogP contribution < -0.4 is 4.72 Å². The summed E-state index contributed by atoms with van der Waals surface area (Å²) in [6.07, 6.45) is 0.803. The molecule has 0 amide bonds. The molecule has 7 heteroatoms. The van der Waals surface area contributed by atoms with Gasteiger partial charge in [-0.1, -0.05) is 13.8 Å². The summed E-state index contributed by atoms with van der Waals surface area (Å²) in [5.74, 6) is -1.10. The van der Waals surface area contributed by atoms with Crippen molar-refractivity contribution in [1.82, 2.24) is 4.72 Å². The molecule has 104 valence electrons. The van der Waals surface area contributed by atoms with Crippen molar-refractivity contribution in [1.29, 1.82) is 0 Å². The molecular weight excluding hydrogens is 334 g/mol. The fourth-order valence-corrected chi connectivity index (χ4v) is 4.26. The van der Waals surface area contributed by atoms with Gasteiger partial charge in [0.05, 0.1) is 10.5 Å². The van der Waals surface area contributed by atoms with Crippen LogP contribution in [0, 0.1) is 5.41 Å². The number of hydrogen-bond donors (Lipinski definition) is 2. The van der Waals surface area contributed by atoms with E-state index in [9.17, 15) is 13.2 Å². The number of carboxylic acids is 1. The SMILES string of the molecule is CC1(C)CC1NS(=O)(=O)c1ccc(C(=O)O)cc1Br. The Balaban J connectivity index is 2.28. The Labute approximate surface area is 120 Å². The lowest BCUT2D eigenvalue weighted by molar-refractivity contribution is 0.0696. The summed E-state index contributed by atoms with van der Waals surface area (Å²) in [5.41, 5.74) is 0.0261. The molecule has 1 unspecified atom stereocenters. The maximum Gasteiger partial charge on any atom is 0.335 e. The van der Waals surface area contributed by atoms with E-state index in [4.69, 9.17) is 5.11 Å². The van der Waals surface area contributed by atoms with Gasteiger partial charge in [0.1, 0.15) is 0 Å². The summed E-state index contributed by atoms with van der Waals surface area (Å²) in [6.45, 7) is 3.98. The highest BCUT2D eigenvalue weighted by Gasteiger charge is 2.48. The summed E-state index contributed by atoms with van der Waals surface area (Å²) in [4.78, 5) is 10.9. The lowest BCUT2D eigenvalue weighted by atomic mass is 10.2. The van der Waals surface area contributed by atoms with Crippen molar-refractivity contribution >= 4 is 31.9 Å². The first-order chi connectivity index (χ1) is 8.63. The van der Waals surface area contributed by atoms with Gasteiger partial charge in [-0.25, -0.2) is 17.9 Å². The average Bonchev–Trinajstić information content (AvgIpc) is 2.83. The van der Waals surface area contributed by atoms with Gasteiger partial charge >= 0.3 is 5.97 Å². The largest absolute Gasteiger partial charge is 0.478 e. The Morgan fingerprint density at radius 3 is 2.47 bits per heavy atom. The number of rotatable bonds is 4. The van der Waals surface area contributed by atoms with Crippen molar-refractivity contribution in [2.75, 3.05) is 0 Å². The minimum absolute atomic E-state index is 0.0133. The Morgan fingerprint density at radius 1 is 1.47 bits per heavy atom. The molecule has 0 radical (unpaired) electrons. The van der Waals surface area contributed by atoms with Crippen LogP contribution in [0.3, 0.4) is 0 Å². The first-order valence-electron chi connectivity index (χ1n) is 5.69. The van der Waals surface area contributed by atoms with E-state index in [1.807, 2.05) is 13.8 Å². The molecule has 0 aliphatic heterocycles. The van der Waals surface area contributed by atoms with Crippen molar-refractivity contribution in [3.63, 3.8) is 0 Å². The van der Waals surface area contributed by atoms with Crippen LogP contribution in [0.15, 0.2) is 27.6 Å². The minimum atomic E-state index is -3.63. The molecule has 2 rings (SSSR count). The first kappa shape index (κ1) is 14.5. The van der Waals surface area contributed by atoms with Gasteiger partial charge in [0.15, 0.2) is 0 Å². The molecular formula is C12H14BrNO4S. The van der Waals surface area contributed by atoms with Crippen molar-refractivity contribution in [3.8, 4) is 0 Å². The van der Waals surface area contributed by atoms with E-state index in [1.165, 1.54) is 18.2 Å². The topological polar surface area (TPSA) is 83.5 Å². The van der Waals surface area contributed by atoms with Crippen LogP contribution in [0.25, 0.3) is 0 Å². The molecule has 1 atom stereocenters. The highest BCUT2D eigenvalue weighted by molar-refractivity contribution is 9.10. The molecule has 1 aliphatic rings. The third-order valence-electron chi connectivity index (χ3n) is 3.28. The number of halogens is 1. The number of aromatic carboxylic acids is 1. The van der Waals surface area contributed by atoms with Gasteiger partial charge in [0.25, 0.3) is 0 Å². The fraction of sp³-hybridized carbons (Fsp3) is 0.417. The molecule has 1 aliphatic carbocycles. The number of benzene rings is 1. The second kappa shape index (κ2) is 4.57. The summed E-state index contributed by atoms with van der Waals surface area (Å²) < 4.78 is 27.2. The zero-order valence-corrected chi connectivity index (χ0v) is 12.9. The zero-order valence-electron chi connectivity index (χ0n) is 10.5. The van der Waals surface area contributed by atoms with Crippen LogP contribution in [0.1, 0.15) is 30.6 Å². The fourth-order valence-electron chi connectivity index (χ4n) is 1.77. The maximum atomic E-state index is 12.2. The highest BCUT2D eigenvalue weighted by atomic mass is 79.9. The van der Waals surface area contributed by atoms with Gasteiger partial charge in [-0.2, -0.15) is 0 Å². The molecule has 2 N–H and O–H groups in total. The second-order valence-corrected chi connectivity index (χ2v) is 7.85. The van der Waals surface area contributed by atoms with Gasteiger partial charge in [-0.3, -0.25) is 0 Å². The Bertz CT molecular complexity index is 639. The summed E-state index contributed by atoms with van der Waals surface area (Å²) >= 11 is 3.11. The van der Waals surface area contributed by atoms with E-state index in [1.54, 1.807) is 0 Å². The molecule has 5 nitrogen and oxygen atoms in total. The van der Waals surface area contributed by atoms with Gasteiger partial charge in [-0.15, -0.1) is 0 Å². The molecule has 1 saturated carbocycles. The summed E-state index contributed by atoms with van der Waals surface area (Å²) in [7, 11) is -3.63. The number of sulfonamides is 1. The van der Waals surface area contributed by atoms with E-state index >= 15 is 0 Å². The summed E-state index contributed by atoms with van der Waals surface area (Å²) in [6, 6.07) is 3.79. The molecule has 1 fully saturated rings. The first-order valence-corrected chi connectivity index (χ1v) is 7.96. The normalized spacial score (nSPS) is 21.1. The maximum absolute atomic E-state index is 12.2. The van der Waals surface area contributed by atoms with E-state index in [2.05, 4.69) is 20.7 Å². The molecule has 0 spiro atoms. The highest BCUT2D eigenvalue weighted by Crippen LogP contribution is 2.45. The second-order valence-electron chi connectivity index (χ2n) is 5.32. The quantitative estimate of drug-likeness (QED) is 0.874. The minimum Gasteiger partial charge on any atom is -0.478 e. The predicted molar refractivity (Wildman–Crippen MR) is 73.6 cm³/mol. The van der Waals surface area contributed by atoms with Crippen LogP contribution in [0.5, 0.6) is 0 Å². The van der Waals surface area contributed by atoms with Crippen molar-refractivity contribution in [2.24, 2.45) is 5.41 Å². The lowest BCUT2D eigenvalue weighted by Gasteiger charge is -2.10. The van der Waals surface area contributed by atoms with Gasteiger partial charge in [0.2, 0.25) is 10.0 Å². The number of hydrogen-bond acceptors (Lipinski definition) is 3. The molecule has 1 aromatic rings. The third kappa shape index (κ3) is 2.98. The Morgan fingerprint density at radius 2 is 2.05 bits per heavy atom.